The van der Waals surface area contributed by atoms with Gasteiger partial charge in [-0.1, -0.05) is 38.1 Å². The first-order valence-corrected chi connectivity index (χ1v) is 6.29. The molecule has 0 aliphatic rings. The third kappa shape index (κ3) is 2.33. The van der Waals surface area contributed by atoms with Crippen LogP contribution in [0.3, 0.4) is 0 Å². The van der Waals surface area contributed by atoms with Gasteiger partial charge in [0.1, 0.15) is 11.5 Å². The van der Waals surface area contributed by atoms with Crippen molar-refractivity contribution in [1.29, 1.82) is 0 Å². The standard InChI is InChI=1S/C16H18O2/c1-3-11-5-7-13(8-6-11)16-12(4-2)9-14(17)10-15(16)18/h5-10,17-18H,3-4H2,1-2H3. The van der Waals surface area contributed by atoms with E-state index in [0.717, 1.165) is 29.5 Å². The van der Waals surface area contributed by atoms with E-state index in [9.17, 15) is 10.2 Å². The van der Waals surface area contributed by atoms with Crippen LogP contribution in [0.5, 0.6) is 11.5 Å². The van der Waals surface area contributed by atoms with Crippen LogP contribution in [0.15, 0.2) is 36.4 Å². The van der Waals surface area contributed by atoms with Crippen molar-refractivity contribution < 1.29 is 10.2 Å². The fraction of sp³-hybridized carbons (Fsp3) is 0.250. The Morgan fingerprint density at radius 2 is 1.56 bits per heavy atom. The fourth-order valence-corrected chi connectivity index (χ4v) is 2.19. The molecule has 0 spiro atoms. The maximum atomic E-state index is 10.0. The maximum Gasteiger partial charge on any atom is 0.127 e. The van der Waals surface area contributed by atoms with Crippen LogP contribution in [0, 0.1) is 0 Å². The van der Waals surface area contributed by atoms with Crippen molar-refractivity contribution in [2.24, 2.45) is 0 Å². The van der Waals surface area contributed by atoms with Gasteiger partial charge in [0.15, 0.2) is 0 Å². The Hall–Kier alpha value is -1.96. The molecule has 0 radical (unpaired) electrons. The van der Waals surface area contributed by atoms with Crippen molar-refractivity contribution >= 4 is 0 Å². The molecule has 18 heavy (non-hydrogen) atoms. The summed E-state index contributed by atoms with van der Waals surface area (Å²) in [5.74, 6) is 0.245. The number of aryl methyl sites for hydroxylation is 2. The Kier molecular flexibility index (Phi) is 3.56. The minimum Gasteiger partial charge on any atom is -0.508 e. The van der Waals surface area contributed by atoms with Crippen LogP contribution < -0.4 is 0 Å². The number of phenols is 2. The third-order valence-corrected chi connectivity index (χ3v) is 3.22. The van der Waals surface area contributed by atoms with Gasteiger partial charge in [0.25, 0.3) is 0 Å². The van der Waals surface area contributed by atoms with Gasteiger partial charge in [-0.2, -0.15) is 0 Å². The van der Waals surface area contributed by atoms with E-state index in [-0.39, 0.29) is 11.5 Å². The van der Waals surface area contributed by atoms with Gasteiger partial charge in [-0.05, 0) is 35.6 Å². The zero-order valence-electron chi connectivity index (χ0n) is 10.8. The van der Waals surface area contributed by atoms with E-state index < -0.39 is 0 Å². The summed E-state index contributed by atoms with van der Waals surface area (Å²) >= 11 is 0. The lowest BCUT2D eigenvalue weighted by molar-refractivity contribution is 0.451. The van der Waals surface area contributed by atoms with Crippen molar-refractivity contribution in [3.05, 3.63) is 47.5 Å². The molecule has 2 heteroatoms. The van der Waals surface area contributed by atoms with Crippen LogP contribution in [-0.2, 0) is 12.8 Å². The highest BCUT2D eigenvalue weighted by Crippen LogP contribution is 2.36. The van der Waals surface area contributed by atoms with E-state index in [1.807, 2.05) is 19.1 Å². The van der Waals surface area contributed by atoms with Crippen LogP contribution in [0.25, 0.3) is 11.1 Å². The Labute approximate surface area is 108 Å². The highest BCUT2D eigenvalue weighted by Gasteiger charge is 2.11. The number of aromatic hydroxyl groups is 2. The number of phenolic OH excluding ortho intramolecular Hbond substituents is 2. The average Bonchev–Trinajstić information content (AvgIpc) is 2.38. The summed E-state index contributed by atoms with van der Waals surface area (Å²) in [4.78, 5) is 0. The minimum absolute atomic E-state index is 0.110. The number of hydrogen-bond donors (Lipinski definition) is 2. The molecule has 94 valence electrons. The van der Waals surface area contributed by atoms with E-state index in [0.29, 0.717) is 0 Å². The van der Waals surface area contributed by atoms with Gasteiger partial charge in [-0.15, -0.1) is 0 Å². The van der Waals surface area contributed by atoms with E-state index >= 15 is 0 Å². The molecular formula is C16H18O2. The molecule has 0 unspecified atom stereocenters. The fourth-order valence-electron chi connectivity index (χ4n) is 2.19. The first kappa shape index (κ1) is 12.5. The zero-order valence-corrected chi connectivity index (χ0v) is 10.8. The molecule has 0 atom stereocenters. The molecule has 2 N–H and O–H groups in total. The second-order valence-corrected chi connectivity index (χ2v) is 4.40. The van der Waals surface area contributed by atoms with Crippen molar-refractivity contribution in [2.75, 3.05) is 0 Å². The van der Waals surface area contributed by atoms with E-state index in [1.165, 1.54) is 11.6 Å². The second-order valence-electron chi connectivity index (χ2n) is 4.40. The lowest BCUT2D eigenvalue weighted by atomic mass is 9.95. The van der Waals surface area contributed by atoms with Crippen molar-refractivity contribution in [3.8, 4) is 22.6 Å². The first-order chi connectivity index (χ1) is 8.65. The van der Waals surface area contributed by atoms with Gasteiger partial charge < -0.3 is 10.2 Å². The summed E-state index contributed by atoms with van der Waals surface area (Å²) in [6.07, 6.45) is 1.77. The molecule has 2 aromatic rings. The van der Waals surface area contributed by atoms with Crippen molar-refractivity contribution in [3.63, 3.8) is 0 Å². The van der Waals surface area contributed by atoms with Crippen LogP contribution in [0.4, 0.5) is 0 Å². The molecule has 0 aromatic heterocycles. The van der Waals surface area contributed by atoms with Gasteiger partial charge in [0.05, 0.1) is 0 Å². The van der Waals surface area contributed by atoms with Crippen molar-refractivity contribution in [2.45, 2.75) is 26.7 Å². The highest BCUT2D eigenvalue weighted by molar-refractivity contribution is 5.75. The molecule has 2 aromatic carbocycles. The summed E-state index contributed by atoms with van der Waals surface area (Å²) in [7, 11) is 0. The monoisotopic (exact) mass is 242 g/mol. The largest absolute Gasteiger partial charge is 0.508 e. The summed E-state index contributed by atoms with van der Waals surface area (Å²) in [5, 5.41) is 19.5. The van der Waals surface area contributed by atoms with Crippen LogP contribution >= 0.6 is 0 Å². The Morgan fingerprint density at radius 1 is 0.889 bits per heavy atom. The van der Waals surface area contributed by atoms with Crippen molar-refractivity contribution in [1.82, 2.24) is 0 Å². The smallest absolute Gasteiger partial charge is 0.127 e. The van der Waals surface area contributed by atoms with Gasteiger partial charge >= 0.3 is 0 Å². The second kappa shape index (κ2) is 5.13. The predicted molar refractivity (Wildman–Crippen MR) is 74.0 cm³/mol. The molecule has 0 fully saturated rings. The molecule has 0 bridgehead atoms. The summed E-state index contributed by atoms with van der Waals surface area (Å²) < 4.78 is 0. The topological polar surface area (TPSA) is 40.5 Å². The lowest BCUT2D eigenvalue weighted by Crippen LogP contribution is -1.89. The molecule has 0 aliphatic carbocycles. The molecule has 0 saturated heterocycles. The van der Waals surface area contributed by atoms with E-state index in [2.05, 4.69) is 19.1 Å². The quantitative estimate of drug-likeness (QED) is 0.857. The first-order valence-electron chi connectivity index (χ1n) is 6.29. The normalized spacial score (nSPS) is 10.6. The van der Waals surface area contributed by atoms with Crippen LogP contribution in [0.1, 0.15) is 25.0 Å². The molecular weight excluding hydrogens is 224 g/mol. The summed E-state index contributed by atoms with van der Waals surface area (Å²) in [5.41, 5.74) is 4.03. The molecule has 2 rings (SSSR count). The molecule has 0 amide bonds. The van der Waals surface area contributed by atoms with Crippen LogP contribution in [-0.4, -0.2) is 10.2 Å². The molecule has 0 aliphatic heterocycles. The Balaban J connectivity index is 2.55. The van der Waals surface area contributed by atoms with Gasteiger partial charge in [-0.3, -0.25) is 0 Å². The minimum atomic E-state index is 0.110. The molecule has 0 heterocycles. The number of benzene rings is 2. The number of rotatable bonds is 3. The lowest BCUT2D eigenvalue weighted by Gasteiger charge is -2.12. The predicted octanol–water partition coefficient (Wildman–Crippen LogP) is 3.89. The third-order valence-electron chi connectivity index (χ3n) is 3.22. The Morgan fingerprint density at radius 3 is 2.11 bits per heavy atom. The summed E-state index contributed by atoms with van der Waals surface area (Å²) in [6, 6.07) is 11.3. The highest BCUT2D eigenvalue weighted by atomic mass is 16.3. The number of hydrogen-bond acceptors (Lipinski definition) is 2. The Bertz CT molecular complexity index is 542. The SMILES string of the molecule is CCc1ccc(-c2c(O)cc(O)cc2CC)cc1. The van der Waals surface area contributed by atoms with E-state index in [4.69, 9.17) is 0 Å². The zero-order chi connectivity index (χ0) is 13.1. The van der Waals surface area contributed by atoms with E-state index in [1.54, 1.807) is 6.07 Å². The van der Waals surface area contributed by atoms with Crippen LogP contribution in [0.2, 0.25) is 0 Å². The van der Waals surface area contributed by atoms with Gasteiger partial charge in [0.2, 0.25) is 0 Å². The average molecular weight is 242 g/mol. The van der Waals surface area contributed by atoms with Gasteiger partial charge in [-0.25, -0.2) is 0 Å². The molecule has 2 nitrogen and oxygen atoms in total. The molecule has 0 saturated carbocycles. The maximum absolute atomic E-state index is 10.0. The summed E-state index contributed by atoms with van der Waals surface area (Å²) in [6.45, 7) is 4.13. The van der Waals surface area contributed by atoms with Gasteiger partial charge in [0, 0.05) is 11.6 Å².